The molecule has 6 nitrogen and oxygen atoms in total. The molecule has 4 aromatic carbocycles. The van der Waals surface area contributed by atoms with Crippen LogP contribution in [0.4, 0.5) is 5.69 Å². The number of para-hydroxylation sites is 1. The van der Waals surface area contributed by atoms with Gasteiger partial charge in [0.15, 0.2) is 5.11 Å². The molecule has 0 saturated heterocycles. The molecule has 0 spiro atoms. The molecule has 0 aliphatic heterocycles. The molecule has 0 aliphatic carbocycles. The molecule has 7 heteroatoms. The van der Waals surface area contributed by atoms with Crippen LogP contribution in [0.5, 0.6) is 0 Å². The van der Waals surface area contributed by atoms with E-state index in [2.05, 4.69) is 18.2 Å². The Morgan fingerprint density at radius 3 is 2.09 bits per heavy atom. The predicted molar refractivity (Wildman–Crippen MR) is 138 cm³/mol. The largest absolute Gasteiger partial charge is 0.374 e. The third kappa shape index (κ3) is 4.45. The Bertz CT molecular complexity index is 1470. The summed E-state index contributed by atoms with van der Waals surface area (Å²) in [5, 5.41) is 5.75. The lowest BCUT2D eigenvalue weighted by molar-refractivity contribution is 0.100. The van der Waals surface area contributed by atoms with Crippen molar-refractivity contribution in [1.82, 2.24) is 4.98 Å². The highest BCUT2D eigenvalue weighted by Crippen LogP contribution is 2.36. The maximum absolute atomic E-state index is 10.4. The molecule has 5 aromatic rings. The van der Waals surface area contributed by atoms with Gasteiger partial charge in [-0.1, -0.05) is 66.7 Å². The van der Waals surface area contributed by atoms with Gasteiger partial charge < -0.3 is 11.5 Å². The molecule has 1 aromatic heterocycles. The Kier molecular flexibility index (Phi) is 6.44. The first-order chi connectivity index (χ1) is 16.0. The Morgan fingerprint density at radius 1 is 0.818 bits per heavy atom. The first-order valence-corrected chi connectivity index (χ1v) is 10.6. The zero-order valence-electron chi connectivity index (χ0n) is 17.9. The predicted octanol–water partition coefficient (Wildman–Crippen LogP) is 4.94. The van der Waals surface area contributed by atoms with Gasteiger partial charge in [0.2, 0.25) is 5.91 Å². The molecule has 5 rings (SSSR count). The summed E-state index contributed by atoms with van der Waals surface area (Å²) in [5.41, 5.74) is 14.0. The molecule has 0 unspecified atom stereocenters. The summed E-state index contributed by atoms with van der Waals surface area (Å²) < 4.78 is 0. The number of hydroxylamine groups is 1. The lowest BCUT2D eigenvalue weighted by Gasteiger charge is -2.23. The molecule has 0 aliphatic rings. The minimum absolute atomic E-state index is 0.156. The lowest BCUT2D eigenvalue weighted by atomic mass is 10.0. The van der Waals surface area contributed by atoms with Crippen LogP contribution in [0.1, 0.15) is 10.4 Å². The Hall–Kier alpha value is -4.07. The van der Waals surface area contributed by atoms with E-state index in [0.29, 0.717) is 5.56 Å². The third-order valence-electron chi connectivity index (χ3n) is 5.19. The van der Waals surface area contributed by atoms with Gasteiger partial charge in [0.25, 0.3) is 0 Å². The smallest absolute Gasteiger partial charge is 0.248 e. The minimum Gasteiger partial charge on any atom is -0.374 e. The molecule has 0 fully saturated rings. The molecular weight excluding hydrogens is 432 g/mol. The highest BCUT2D eigenvalue weighted by atomic mass is 32.1. The van der Waals surface area contributed by atoms with E-state index >= 15 is 0 Å². The van der Waals surface area contributed by atoms with E-state index in [-0.39, 0.29) is 11.0 Å². The van der Waals surface area contributed by atoms with Gasteiger partial charge in [0, 0.05) is 21.7 Å². The van der Waals surface area contributed by atoms with E-state index < -0.39 is 0 Å². The van der Waals surface area contributed by atoms with Crippen molar-refractivity contribution >= 4 is 61.5 Å². The van der Waals surface area contributed by atoms with Gasteiger partial charge in [0.1, 0.15) is 0 Å². The van der Waals surface area contributed by atoms with Crippen molar-refractivity contribution in [3.63, 3.8) is 0 Å². The van der Waals surface area contributed by atoms with Gasteiger partial charge in [0.05, 0.1) is 23.8 Å². The van der Waals surface area contributed by atoms with Crippen LogP contribution in [0.15, 0.2) is 91.0 Å². The number of rotatable bonds is 3. The number of amides is 1. The van der Waals surface area contributed by atoms with Crippen LogP contribution in [-0.2, 0) is 4.84 Å². The molecule has 4 N–H and O–H groups in total. The van der Waals surface area contributed by atoms with E-state index in [1.165, 1.54) is 5.06 Å². The fourth-order valence-corrected chi connectivity index (χ4v) is 3.88. The summed E-state index contributed by atoms with van der Waals surface area (Å²) in [7, 11) is 1.56. The minimum atomic E-state index is -0.379. The average Bonchev–Trinajstić information content (AvgIpc) is 2.84. The Balaban J connectivity index is 0.000000243. The van der Waals surface area contributed by atoms with Crippen molar-refractivity contribution in [2.75, 3.05) is 12.2 Å². The number of fused-ring (bicyclic) bond motifs is 4. The van der Waals surface area contributed by atoms with Crippen LogP contribution >= 0.6 is 12.2 Å². The number of aromatic nitrogens is 1. The van der Waals surface area contributed by atoms with E-state index in [0.717, 1.165) is 38.3 Å². The number of pyridine rings is 1. The van der Waals surface area contributed by atoms with Crippen LogP contribution in [0.3, 0.4) is 0 Å². The van der Waals surface area contributed by atoms with Crippen molar-refractivity contribution < 1.29 is 9.63 Å². The van der Waals surface area contributed by atoms with Gasteiger partial charge in [-0.05, 0) is 41.9 Å². The quantitative estimate of drug-likeness (QED) is 0.174. The van der Waals surface area contributed by atoms with Crippen molar-refractivity contribution in [3.8, 4) is 0 Å². The van der Waals surface area contributed by atoms with Gasteiger partial charge in [-0.2, -0.15) is 5.06 Å². The molecule has 0 atom stereocenters. The highest BCUT2D eigenvalue weighted by molar-refractivity contribution is 7.80. The molecule has 0 bridgehead atoms. The maximum Gasteiger partial charge on any atom is 0.248 e. The summed E-state index contributed by atoms with van der Waals surface area (Å²) in [5.74, 6) is -0.379. The van der Waals surface area contributed by atoms with Gasteiger partial charge in [-0.3, -0.25) is 9.63 Å². The normalized spacial score (nSPS) is 10.6. The zero-order valence-corrected chi connectivity index (χ0v) is 18.8. The highest BCUT2D eigenvalue weighted by Gasteiger charge is 2.18. The monoisotopic (exact) mass is 454 g/mol. The van der Waals surface area contributed by atoms with Crippen LogP contribution in [0, 0.1) is 0 Å². The zero-order chi connectivity index (χ0) is 23.4. The number of hydrogen-bond donors (Lipinski definition) is 2. The van der Waals surface area contributed by atoms with Crippen LogP contribution in [0.25, 0.3) is 32.6 Å². The summed E-state index contributed by atoms with van der Waals surface area (Å²) >= 11 is 5.18. The average molecular weight is 455 g/mol. The van der Waals surface area contributed by atoms with Crippen molar-refractivity contribution in [3.05, 3.63) is 96.6 Å². The van der Waals surface area contributed by atoms with E-state index in [4.69, 9.17) is 33.5 Å². The number of primary amides is 1. The number of carbonyl (C=O) groups excluding carboxylic acids is 1. The van der Waals surface area contributed by atoms with E-state index in [1.54, 1.807) is 31.4 Å². The number of hydrogen-bond acceptors (Lipinski definition) is 4. The number of thiocarbonyl (C=S) groups is 1. The van der Waals surface area contributed by atoms with Gasteiger partial charge in [-0.15, -0.1) is 0 Å². The van der Waals surface area contributed by atoms with E-state index in [1.807, 2.05) is 48.5 Å². The van der Waals surface area contributed by atoms with Crippen LogP contribution < -0.4 is 16.5 Å². The summed E-state index contributed by atoms with van der Waals surface area (Å²) in [4.78, 5) is 20.8. The second-order valence-electron chi connectivity index (χ2n) is 7.21. The van der Waals surface area contributed by atoms with Gasteiger partial charge >= 0.3 is 0 Å². The second-order valence-corrected chi connectivity index (χ2v) is 7.62. The molecule has 164 valence electrons. The molecule has 0 saturated carbocycles. The topological polar surface area (TPSA) is 94.5 Å². The molecular formula is C26H22N4O2S. The Labute approximate surface area is 196 Å². The summed E-state index contributed by atoms with van der Waals surface area (Å²) in [6.45, 7) is 0. The number of benzene rings is 4. The summed E-state index contributed by atoms with van der Waals surface area (Å²) in [6, 6.07) is 29.0. The van der Waals surface area contributed by atoms with E-state index in [9.17, 15) is 4.79 Å². The molecule has 1 amide bonds. The fourth-order valence-electron chi connectivity index (χ4n) is 3.72. The standard InChI is InChI=1S/C19H15N3OS.C7H7NO/c1-23-22(19(20)24)18-14-8-4-5-9-16(14)21-17-13-7-3-2-6-12(13)10-11-15(17)18;8-7(9)6-4-2-1-3-5-6/h2-11H,1H3,(H2,20,24);1-5H,(H2,8,9). The maximum atomic E-state index is 10.4. The van der Waals surface area contributed by atoms with Crippen molar-refractivity contribution in [2.24, 2.45) is 11.5 Å². The van der Waals surface area contributed by atoms with Crippen LogP contribution in [0.2, 0.25) is 0 Å². The Morgan fingerprint density at radius 2 is 1.45 bits per heavy atom. The molecule has 33 heavy (non-hydrogen) atoms. The molecule has 1 heterocycles. The van der Waals surface area contributed by atoms with Gasteiger partial charge in [-0.25, -0.2) is 4.98 Å². The van der Waals surface area contributed by atoms with Crippen LogP contribution in [-0.4, -0.2) is 23.1 Å². The lowest BCUT2D eigenvalue weighted by Crippen LogP contribution is -2.34. The van der Waals surface area contributed by atoms with Crippen molar-refractivity contribution in [2.45, 2.75) is 0 Å². The first kappa shape index (κ1) is 22.1. The molecule has 0 radical (unpaired) electrons. The van der Waals surface area contributed by atoms with Crippen molar-refractivity contribution in [1.29, 1.82) is 0 Å². The first-order valence-electron chi connectivity index (χ1n) is 10.2. The fraction of sp³-hybridized carbons (Fsp3) is 0.0385. The number of nitrogens with zero attached hydrogens (tertiary/aromatic N) is 2. The number of carbonyl (C=O) groups is 1. The number of anilines is 1. The third-order valence-corrected chi connectivity index (χ3v) is 5.36. The SMILES string of the molecule is CON(C(N)=S)c1c2ccccc2nc2c1ccc1ccccc12.NC(=O)c1ccccc1. The number of nitrogens with two attached hydrogens (primary N) is 2. The second kappa shape index (κ2) is 9.60. The summed E-state index contributed by atoms with van der Waals surface area (Å²) in [6.07, 6.45) is 0.